The Morgan fingerprint density at radius 1 is 0.852 bits per heavy atom. The predicted octanol–water partition coefficient (Wildman–Crippen LogP) is -1.91. The Kier molecular flexibility index (Phi) is 23.4. The zero-order chi connectivity index (χ0) is 65.1. The molecule has 0 spiro atoms. The summed E-state index contributed by atoms with van der Waals surface area (Å²) in [5.41, 5.74) is 8.05. The van der Waals surface area contributed by atoms with Crippen molar-refractivity contribution in [2.24, 2.45) is 22.8 Å². The van der Waals surface area contributed by atoms with Gasteiger partial charge in [0.05, 0.1) is 48.1 Å². The van der Waals surface area contributed by atoms with Crippen LogP contribution in [0.2, 0.25) is 0 Å². The Balaban J connectivity index is 1.09. The number of hydrogen-bond donors (Lipinski definition) is 14. The molecule has 10 atom stereocenters. The Morgan fingerprint density at radius 3 is 2.17 bits per heavy atom. The van der Waals surface area contributed by atoms with Crippen LogP contribution in [-0.4, -0.2) is 182 Å². The number of phenols is 2. The Morgan fingerprint density at radius 2 is 1.52 bits per heavy atom. The van der Waals surface area contributed by atoms with Gasteiger partial charge in [0.15, 0.2) is 24.5 Å². The number of aliphatic hydroxyl groups excluding tert-OH is 2. The van der Waals surface area contributed by atoms with Gasteiger partial charge in [0.2, 0.25) is 41.2 Å². The number of carbonyl (C=O) groups excluding carboxylic acids is 11. The number of rotatable bonds is 28. The van der Waals surface area contributed by atoms with E-state index in [9.17, 15) is 83.1 Å². The van der Waals surface area contributed by atoms with E-state index in [2.05, 4.69) is 32.1 Å². The molecule has 0 bridgehead atoms. The van der Waals surface area contributed by atoms with E-state index in [1.54, 1.807) is 13.0 Å². The fourth-order valence-corrected chi connectivity index (χ4v) is 11.0. The van der Waals surface area contributed by atoms with E-state index < -0.39 is 217 Å². The van der Waals surface area contributed by atoms with Crippen molar-refractivity contribution in [3.8, 4) is 11.5 Å². The largest absolute Gasteiger partial charge is 0.507 e. The molecule has 1 saturated carbocycles. The number of nitrogens with two attached hydrogens (primary N) is 2. The maximum absolute atomic E-state index is 14.2. The number of aliphatic hydroxyl groups is 3. The molecular weight excluding hydrogens is 1160 g/mol. The second-order valence-electron chi connectivity index (χ2n) is 23.3. The first-order chi connectivity index (χ1) is 41.4. The van der Waals surface area contributed by atoms with Crippen LogP contribution in [0, 0.1) is 18.3 Å². The summed E-state index contributed by atoms with van der Waals surface area (Å²) >= 11 is 0. The molecule has 4 aliphatic rings. The molecule has 1 aliphatic heterocycles. The molecule has 2 aromatic rings. The van der Waals surface area contributed by atoms with E-state index in [-0.39, 0.29) is 48.1 Å². The van der Waals surface area contributed by atoms with Gasteiger partial charge in [-0.15, -0.1) is 0 Å². The summed E-state index contributed by atoms with van der Waals surface area (Å²) in [6.07, 6.45) is -5.06. The van der Waals surface area contributed by atoms with Crippen molar-refractivity contribution in [1.29, 1.82) is 0 Å². The second kappa shape index (κ2) is 29.8. The lowest BCUT2D eigenvalue weighted by molar-refractivity contribution is -0.247. The van der Waals surface area contributed by atoms with Crippen LogP contribution in [0.1, 0.15) is 159 Å². The predicted molar refractivity (Wildman–Crippen MR) is 302 cm³/mol. The number of esters is 1. The van der Waals surface area contributed by atoms with Gasteiger partial charge in [-0.25, -0.2) is 5.48 Å². The molecule has 7 amide bonds. The first kappa shape index (κ1) is 69.1. The van der Waals surface area contributed by atoms with Gasteiger partial charge in [0.1, 0.15) is 47.7 Å². The number of hydroxylamine groups is 1. The number of amides is 7. The number of benzene rings is 2. The Labute approximate surface area is 504 Å². The molecule has 6 rings (SSSR count). The van der Waals surface area contributed by atoms with E-state index in [4.69, 9.17) is 35.6 Å². The van der Waals surface area contributed by atoms with Crippen molar-refractivity contribution in [3.63, 3.8) is 0 Å². The molecular formula is C58H78N8O22. The summed E-state index contributed by atoms with van der Waals surface area (Å²) in [5, 5.41) is 77.4. The van der Waals surface area contributed by atoms with Crippen LogP contribution in [0.25, 0.3) is 0 Å². The highest BCUT2D eigenvalue weighted by Crippen LogP contribution is 2.52. The van der Waals surface area contributed by atoms with Gasteiger partial charge in [-0.3, -0.25) is 62.4 Å². The van der Waals surface area contributed by atoms with E-state index >= 15 is 0 Å². The highest BCUT2D eigenvalue weighted by Gasteiger charge is 2.51. The highest BCUT2D eigenvalue weighted by atomic mass is 16.7. The van der Waals surface area contributed by atoms with Gasteiger partial charge in [0.25, 0.3) is 5.91 Å². The number of carboxylic acid groups (broad SMARTS) is 1. The molecule has 1 heterocycles. The number of aryl methyl sites for hydroxylation is 1. The van der Waals surface area contributed by atoms with Crippen LogP contribution >= 0.6 is 0 Å². The minimum Gasteiger partial charge on any atom is -0.507 e. The zero-order valence-corrected chi connectivity index (χ0v) is 49.4. The molecule has 1 saturated heterocycles. The van der Waals surface area contributed by atoms with Crippen molar-refractivity contribution in [1.82, 2.24) is 32.1 Å². The lowest BCUT2D eigenvalue weighted by atomic mass is 9.71. The molecule has 482 valence electrons. The van der Waals surface area contributed by atoms with Crippen LogP contribution in [0.4, 0.5) is 0 Å². The number of carboxylic acids is 1. The molecule has 4 unspecified atom stereocenters. The lowest BCUT2D eigenvalue weighted by Crippen LogP contribution is -2.60. The number of Topliss-reactive ketones (excluding diaryl/α,β-unsaturated/α-hetero) is 1. The van der Waals surface area contributed by atoms with Crippen molar-refractivity contribution in [3.05, 3.63) is 57.1 Å². The molecule has 2 aromatic carbocycles. The standard InChI is InChI=1S/C58H78N8O22/c1-26-11-9-14-30-42(26)50(77)45-44(48(30)75)49(76)31-21-58(84,22-35(43(31)51(45)78)88-41-19-32(59)47(74)28(3)87-41)36(68)24-85-56(83)57(4,5)25-86-66-54(81)33(16-17-37(60)69)63-55(82)46(29-12-7-6-8-13-29)65-53(80)34(23-67)64-52(79)27(2)62-39(71)20-38(70)61-18-10-15-40(72)73/h9,11,14,27-29,32-35,41,46-47,67,74,76,78,84H,6-8,10,12-13,15-25,59H2,1-5H3,(H2,60,69)(H,61,70)(H,62,71)(H,63,82)(H,64,79)(H,65,80)(H,66,81)(H,72,73)/t27-,28?,32?,33-,34-,35-,41?,46-,47?,58-/m0/s1. The third-order valence-electron chi connectivity index (χ3n) is 16.0. The van der Waals surface area contributed by atoms with Crippen molar-refractivity contribution >= 4 is 70.6 Å². The molecule has 30 nitrogen and oxygen atoms in total. The average Bonchev–Trinajstić information content (AvgIpc) is 0.720. The third kappa shape index (κ3) is 16.8. The summed E-state index contributed by atoms with van der Waals surface area (Å²) in [4.78, 5) is 163. The quantitative estimate of drug-likeness (QED) is 0.0124. The van der Waals surface area contributed by atoms with Crippen LogP contribution in [0.3, 0.4) is 0 Å². The number of nitrogens with one attached hydrogen (secondary N) is 6. The molecule has 88 heavy (non-hydrogen) atoms. The number of aromatic hydroxyl groups is 2. The van der Waals surface area contributed by atoms with E-state index in [1.807, 2.05) is 0 Å². The van der Waals surface area contributed by atoms with Crippen LogP contribution in [0.15, 0.2) is 18.2 Å². The topological polar surface area (TPSA) is 487 Å². The smallest absolute Gasteiger partial charge is 0.314 e. The molecule has 16 N–H and O–H groups in total. The molecule has 3 aliphatic carbocycles. The number of phenolic OH excluding ortho intramolecular Hbond substituents is 2. The van der Waals surface area contributed by atoms with Crippen molar-refractivity contribution < 1.29 is 107 Å². The van der Waals surface area contributed by atoms with Crippen molar-refractivity contribution in [2.45, 2.75) is 179 Å². The first-order valence-corrected chi connectivity index (χ1v) is 28.9. The van der Waals surface area contributed by atoms with E-state index in [1.165, 1.54) is 39.8 Å². The molecule has 0 aromatic heterocycles. The van der Waals surface area contributed by atoms with Crippen LogP contribution in [-0.2, 0) is 73.4 Å². The SMILES string of the molecule is Cc1cccc2c1C(=O)c1c(O)c3c(c(O)c1C2=O)C[C@@](O)(C(=O)COC(=O)C(C)(C)CONC(=O)[C@H](CCC(N)=O)NC(=O)[C@@H](NC(=O)[C@H](CO)NC(=O)[C@H](C)NC(=O)CC(=O)NCCCC(=O)O)C1CCCCC1)C[C@@H]3OC1CC(N)C(O)C(C)O1. The minimum absolute atomic E-state index is 0.00768. The second-order valence-corrected chi connectivity index (χ2v) is 23.3. The van der Waals surface area contributed by atoms with Gasteiger partial charge < -0.3 is 82.9 Å². The number of primary amides is 1. The van der Waals surface area contributed by atoms with Gasteiger partial charge in [-0.1, -0.05) is 37.5 Å². The number of ketones is 3. The summed E-state index contributed by atoms with van der Waals surface area (Å²) in [7, 11) is 0. The fourth-order valence-electron chi connectivity index (χ4n) is 11.0. The highest BCUT2D eigenvalue weighted by molar-refractivity contribution is 6.31. The summed E-state index contributed by atoms with van der Waals surface area (Å²) in [6, 6.07) is -2.35. The van der Waals surface area contributed by atoms with E-state index in [0.29, 0.717) is 31.2 Å². The van der Waals surface area contributed by atoms with Gasteiger partial charge in [-0.05, 0) is 71.8 Å². The lowest BCUT2D eigenvalue weighted by Gasteiger charge is -2.42. The zero-order valence-electron chi connectivity index (χ0n) is 49.4. The van der Waals surface area contributed by atoms with Gasteiger partial charge >= 0.3 is 11.9 Å². The average molecular weight is 1240 g/mol. The summed E-state index contributed by atoms with van der Waals surface area (Å²) < 4.78 is 17.4. The molecule has 2 fully saturated rings. The molecule has 30 heteroatoms. The maximum atomic E-state index is 14.2. The number of aliphatic carboxylic acids is 1. The van der Waals surface area contributed by atoms with Gasteiger partial charge in [-0.2, -0.15) is 0 Å². The van der Waals surface area contributed by atoms with Crippen molar-refractivity contribution in [2.75, 3.05) is 26.4 Å². The monoisotopic (exact) mass is 1240 g/mol. The Hall–Kier alpha value is -8.00. The summed E-state index contributed by atoms with van der Waals surface area (Å²) in [6.45, 7) is 4.18. The van der Waals surface area contributed by atoms with E-state index in [0.717, 1.165) is 6.42 Å². The first-order valence-electron chi connectivity index (χ1n) is 28.9. The third-order valence-corrected chi connectivity index (χ3v) is 16.0. The van der Waals surface area contributed by atoms with Crippen LogP contribution in [0.5, 0.6) is 11.5 Å². The summed E-state index contributed by atoms with van der Waals surface area (Å²) in [5.74, 6) is -13.5. The fraction of sp³-hybridized carbons (Fsp3) is 0.586. The number of carbonyl (C=O) groups is 12. The molecule has 0 radical (unpaired) electrons. The normalized spacial score (nSPS) is 22.2. The number of ether oxygens (including phenoxy) is 3. The minimum atomic E-state index is -2.57. The Bertz CT molecular complexity index is 3040. The number of hydrogen-bond acceptors (Lipinski definition) is 22. The maximum Gasteiger partial charge on any atom is 0.314 e. The number of fused-ring (bicyclic) bond motifs is 3. The van der Waals surface area contributed by atoms with Gasteiger partial charge in [0, 0.05) is 66.9 Å². The van der Waals surface area contributed by atoms with Crippen LogP contribution < -0.4 is 43.5 Å².